The Bertz CT molecular complexity index is 637. The van der Waals surface area contributed by atoms with E-state index in [1.54, 1.807) is 19.1 Å². The number of esters is 2. The van der Waals surface area contributed by atoms with Crippen LogP contribution in [0.15, 0.2) is 24.3 Å². The Morgan fingerprint density at radius 1 is 1.33 bits per heavy atom. The third-order valence-corrected chi connectivity index (χ3v) is 5.14. The fourth-order valence-electron chi connectivity index (χ4n) is 4.18. The number of methoxy groups -OCH3 is 2. The Hall–Kier alpha value is -1.99. The van der Waals surface area contributed by atoms with Gasteiger partial charge in [0, 0.05) is 13.0 Å². The summed E-state index contributed by atoms with van der Waals surface area (Å²) in [4.78, 5) is 37.8. The van der Waals surface area contributed by atoms with Gasteiger partial charge in [0.15, 0.2) is 0 Å². The summed E-state index contributed by atoms with van der Waals surface area (Å²) in [7, 11) is 2.61. The first-order valence-electron chi connectivity index (χ1n) is 7.84. The highest BCUT2D eigenvalue weighted by atomic mass is 16.7. The highest BCUT2D eigenvalue weighted by Gasteiger charge is 2.71. The second-order valence-corrected chi connectivity index (χ2v) is 6.06. The second kappa shape index (κ2) is 5.82. The van der Waals surface area contributed by atoms with E-state index in [0.717, 1.165) is 0 Å². The molecule has 0 spiro atoms. The molecule has 0 saturated carbocycles. The van der Waals surface area contributed by atoms with Gasteiger partial charge in [-0.1, -0.05) is 18.2 Å². The van der Waals surface area contributed by atoms with Crippen LogP contribution in [0.3, 0.4) is 0 Å². The lowest BCUT2D eigenvalue weighted by Crippen LogP contribution is -2.62. The minimum atomic E-state index is -1.59. The Labute approximate surface area is 139 Å². The molecular weight excluding hydrogens is 316 g/mol. The zero-order chi connectivity index (χ0) is 17.5. The standard InChI is InChI=1S/C17H20O7/c1-4-23-14(19)11-6-5-10-9-24-17(22-3)12(18)7-8-16(11,13(10)17)15(20)21-2/h5-8,10-11,13H,4,9H2,1-3H3/t10-,11+,13+,16+,17-/m1/s1. The molecule has 3 aliphatic rings. The number of ketones is 1. The van der Waals surface area contributed by atoms with Gasteiger partial charge < -0.3 is 18.9 Å². The Kier molecular flexibility index (Phi) is 4.09. The van der Waals surface area contributed by atoms with Gasteiger partial charge in [-0.2, -0.15) is 0 Å². The van der Waals surface area contributed by atoms with Crippen LogP contribution < -0.4 is 0 Å². The second-order valence-electron chi connectivity index (χ2n) is 6.06. The summed E-state index contributed by atoms with van der Waals surface area (Å²) in [5, 5.41) is 0. The largest absolute Gasteiger partial charge is 0.468 e. The van der Waals surface area contributed by atoms with E-state index in [1.165, 1.54) is 26.4 Å². The van der Waals surface area contributed by atoms with Crippen LogP contribution in [0.4, 0.5) is 0 Å². The molecule has 0 radical (unpaired) electrons. The zero-order valence-corrected chi connectivity index (χ0v) is 13.8. The molecule has 0 N–H and O–H groups in total. The van der Waals surface area contributed by atoms with Gasteiger partial charge in [-0.05, 0) is 13.0 Å². The summed E-state index contributed by atoms with van der Waals surface area (Å²) in [5.41, 5.74) is -1.40. The van der Waals surface area contributed by atoms with Crippen LogP contribution in [-0.4, -0.2) is 50.9 Å². The third kappa shape index (κ3) is 1.94. The van der Waals surface area contributed by atoms with E-state index in [1.807, 2.05) is 0 Å². The third-order valence-electron chi connectivity index (χ3n) is 5.14. The molecule has 1 fully saturated rings. The summed E-state index contributed by atoms with van der Waals surface area (Å²) >= 11 is 0. The number of ether oxygens (including phenoxy) is 4. The molecule has 0 aromatic rings. The highest BCUT2D eigenvalue weighted by Crippen LogP contribution is 2.58. The van der Waals surface area contributed by atoms with Crippen LogP contribution >= 0.6 is 0 Å². The minimum Gasteiger partial charge on any atom is -0.468 e. The predicted octanol–water partition coefficient (Wildman–Crippen LogP) is 0.639. The van der Waals surface area contributed by atoms with Crippen molar-refractivity contribution in [3.8, 4) is 0 Å². The maximum Gasteiger partial charge on any atom is 0.317 e. The van der Waals surface area contributed by atoms with Crippen LogP contribution in [0.25, 0.3) is 0 Å². The number of carbonyl (C=O) groups is 3. The summed E-state index contributed by atoms with van der Waals surface area (Å²) < 4.78 is 21.3. The van der Waals surface area contributed by atoms with E-state index in [2.05, 4.69) is 0 Å². The van der Waals surface area contributed by atoms with E-state index in [4.69, 9.17) is 18.9 Å². The molecule has 1 aliphatic heterocycles. The van der Waals surface area contributed by atoms with Crippen LogP contribution in [0.1, 0.15) is 6.92 Å². The minimum absolute atomic E-state index is 0.184. The first-order valence-corrected chi connectivity index (χ1v) is 7.84. The van der Waals surface area contributed by atoms with Gasteiger partial charge in [-0.15, -0.1) is 0 Å². The number of hydrogen-bond donors (Lipinski definition) is 0. The van der Waals surface area contributed by atoms with Gasteiger partial charge in [0.1, 0.15) is 5.41 Å². The van der Waals surface area contributed by atoms with E-state index in [9.17, 15) is 14.4 Å². The average molecular weight is 336 g/mol. The van der Waals surface area contributed by atoms with E-state index < -0.39 is 35.0 Å². The Morgan fingerprint density at radius 2 is 2.08 bits per heavy atom. The normalized spacial score (nSPS) is 39.5. The lowest BCUT2D eigenvalue weighted by atomic mass is 9.54. The molecule has 0 bridgehead atoms. The molecule has 0 aromatic carbocycles. The average Bonchev–Trinajstić information content (AvgIpc) is 2.99. The lowest BCUT2D eigenvalue weighted by molar-refractivity contribution is -0.229. The van der Waals surface area contributed by atoms with Crippen molar-refractivity contribution >= 4 is 17.7 Å². The fraction of sp³-hybridized carbons (Fsp3) is 0.588. The van der Waals surface area contributed by atoms with Crippen LogP contribution in [0, 0.1) is 23.2 Å². The smallest absolute Gasteiger partial charge is 0.317 e. The molecule has 3 rings (SSSR count). The molecule has 130 valence electrons. The maximum absolute atomic E-state index is 12.8. The molecule has 24 heavy (non-hydrogen) atoms. The summed E-state index contributed by atoms with van der Waals surface area (Å²) in [6.07, 6.45) is 6.13. The van der Waals surface area contributed by atoms with Crippen LogP contribution in [0.5, 0.6) is 0 Å². The first kappa shape index (κ1) is 16.9. The van der Waals surface area contributed by atoms with Crippen molar-refractivity contribution in [2.24, 2.45) is 23.2 Å². The van der Waals surface area contributed by atoms with Gasteiger partial charge in [0.05, 0.1) is 32.2 Å². The molecule has 7 heteroatoms. The maximum atomic E-state index is 12.8. The van der Waals surface area contributed by atoms with E-state index >= 15 is 0 Å². The molecule has 7 nitrogen and oxygen atoms in total. The van der Waals surface area contributed by atoms with Gasteiger partial charge in [-0.25, -0.2) is 0 Å². The molecule has 5 atom stereocenters. The topological polar surface area (TPSA) is 88.1 Å². The Balaban J connectivity index is 2.22. The van der Waals surface area contributed by atoms with Gasteiger partial charge in [0.25, 0.3) is 0 Å². The van der Waals surface area contributed by atoms with Gasteiger partial charge in [0.2, 0.25) is 11.6 Å². The molecule has 0 unspecified atom stereocenters. The zero-order valence-electron chi connectivity index (χ0n) is 13.8. The van der Waals surface area contributed by atoms with Crippen molar-refractivity contribution < 1.29 is 33.3 Å². The molecule has 0 aromatic heterocycles. The molecule has 1 saturated heterocycles. The van der Waals surface area contributed by atoms with Gasteiger partial charge in [-0.3, -0.25) is 14.4 Å². The SMILES string of the molecule is CCOC(=O)[C@@H]1C=C[C@@H]2CO[C@]3(OC)C(=O)C=C[C@@]1(C(=O)OC)[C@H]23. The van der Waals surface area contributed by atoms with E-state index in [0.29, 0.717) is 0 Å². The summed E-state index contributed by atoms with van der Waals surface area (Å²) in [6, 6.07) is 0. The van der Waals surface area contributed by atoms with Crippen molar-refractivity contribution in [1.29, 1.82) is 0 Å². The molecule has 1 heterocycles. The van der Waals surface area contributed by atoms with Crippen molar-refractivity contribution in [1.82, 2.24) is 0 Å². The van der Waals surface area contributed by atoms with Crippen molar-refractivity contribution in [2.45, 2.75) is 12.7 Å². The van der Waals surface area contributed by atoms with E-state index in [-0.39, 0.29) is 24.9 Å². The number of rotatable bonds is 4. The van der Waals surface area contributed by atoms with Crippen LogP contribution in [-0.2, 0) is 33.3 Å². The number of hydrogen-bond acceptors (Lipinski definition) is 7. The molecule has 0 amide bonds. The molecule has 2 aliphatic carbocycles. The predicted molar refractivity (Wildman–Crippen MR) is 80.5 cm³/mol. The lowest BCUT2D eigenvalue weighted by Gasteiger charge is -2.48. The van der Waals surface area contributed by atoms with Crippen molar-refractivity contribution in [3.05, 3.63) is 24.3 Å². The van der Waals surface area contributed by atoms with Gasteiger partial charge >= 0.3 is 11.9 Å². The Morgan fingerprint density at radius 3 is 2.71 bits per heavy atom. The monoisotopic (exact) mass is 336 g/mol. The first-order chi connectivity index (χ1) is 11.5. The number of carbonyl (C=O) groups excluding carboxylic acids is 3. The summed E-state index contributed by atoms with van der Waals surface area (Å²) in [6.45, 7) is 2.09. The highest BCUT2D eigenvalue weighted by molar-refractivity contribution is 6.02. The quantitative estimate of drug-likeness (QED) is 0.550. The fourth-order valence-corrected chi connectivity index (χ4v) is 4.18. The van der Waals surface area contributed by atoms with Crippen molar-refractivity contribution in [2.75, 3.05) is 27.4 Å². The summed E-state index contributed by atoms with van der Waals surface area (Å²) in [5.74, 6) is -4.99. The molecular formula is C17H20O7. The van der Waals surface area contributed by atoms with Crippen LogP contribution in [0.2, 0.25) is 0 Å². The van der Waals surface area contributed by atoms with Crippen molar-refractivity contribution in [3.63, 3.8) is 0 Å².